The molecule has 244 valence electrons. The summed E-state index contributed by atoms with van der Waals surface area (Å²) in [6, 6.07) is 40.2. The zero-order valence-electron chi connectivity index (χ0n) is 26.7. The molecule has 0 spiro atoms. The standard InChI is InChI=1S/2C20H23NO.2ClH/c2*1-2-8-15(9-3-1)20-17-11-5-4-10-16(17)14-21-18-12-6-7-13-19(18)22-20;;/h2*1-5,8-11,18-21H,6-7,12-14H2;2*1H/t2*18-,19+,20-;;/m10../s1. The first kappa shape index (κ1) is 34.6. The van der Waals surface area contributed by atoms with Crippen LogP contribution >= 0.6 is 0 Å². The predicted molar refractivity (Wildman–Crippen MR) is 175 cm³/mol. The van der Waals surface area contributed by atoms with E-state index in [0.717, 1.165) is 13.1 Å². The molecule has 8 rings (SSSR count). The number of benzene rings is 4. The Bertz CT molecular complexity index is 1370. The molecule has 6 atom stereocenters. The van der Waals surface area contributed by atoms with Crippen LogP contribution in [0.2, 0.25) is 0 Å². The van der Waals surface area contributed by atoms with E-state index < -0.39 is 0 Å². The van der Waals surface area contributed by atoms with Gasteiger partial charge < -0.3 is 44.9 Å². The van der Waals surface area contributed by atoms with E-state index >= 15 is 0 Å². The van der Waals surface area contributed by atoms with Crippen LogP contribution in [0.1, 0.15) is 97.0 Å². The summed E-state index contributed by atoms with van der Waals surface area (Å²) in [4.78, 5) is 0. The molecule has 0 radical (unpaired) electrons. The Morgan fingerprint density at radius 1 is 0.435 bits per heavy atom. The number of hydrogen-bond donors (Lipinski definition) is 2. The Morgan fingerprint density at radius 2 is 0.804 bits per heavy atom. The fraction of sp³-hybridized carbons (Fsp3) is 0.400. The lowest BCUT2D eigenvalue weighted by atomic mass is 9.89. The second-order valence-corrected chi connectivity index (χ2v) is 13.1. The molecule has 6 heteroatoms. The molecule has 4 aliphatic rings. The van der Waals surface area contributed by atoms with Gasteiger partial charge in [0, 0.05) is 24.0 Å². The molecule has 4 aromatic rings. The monoisotopic (exact) mass is 658 g/mol. The van der Waals surface area contributed by atoms with Gasteiger partial charge in [-0.15, -0.1) is 0 Å². The molecule has 2 fully saturated rings. The number of fused-ring (bicyclic) bond motifs is 4. The van der Waals surface area contributed by atoms with Crippen LogP contribution in [0.15, 0.2) is 109 Å². The van der Waals surface area contributed by atoms with Crippen LogP contribution in [0.3, 0.4) is 0 Å². The molecule has 2 aliphatic carbocycles. The van der Waals surface area contributed by atoms with E-state index in [9.17, 15) is 0 Å². The molecule has 0 amide bonds. The number of hydrogen-bond acceptors (Lipinski definition) is 2. The van der Waals surface area contributed by atoms with Gasteiger partial charge in [-0.2, -0.15) is 0 Å². The van der Waals surface area contributed by atoms with E-state index in [1.807, 2.05) is 0 Å². The maximum absolute atomic E-state index is 6.68. The van der Waals surface area contributed by atoms with Crippen molar-refractivity contribution in [2.45, 2.75) is 101 Å². The van der Waals surface area contributed by atoms with Crippen molar-refractivity contribution in [3.63, 3.8) is 0 Å². The summed E-state index contributed by atoms with van der Waals surface area (Å²) in [7, 11) is 0. The van der Waals surface area contributed by atoms with Crippen LogP contribution in [0.25, 0.3) is 0 Å². The number of quaternary nitrogens is 2. The first-order valence-corrected chi connectivity index (χ1v) is 17.1. The van der Waals surface area contributed by atoms with Crippen LogP contribution in [-0.4, -0.2) is 24.3 Å². The van der Waals surface area contributed by atoms with Gasteiger partial charge in [0.1, 0.15) is 49.6 Å². The zero-order chi connectivity index (χ0) is 29.6. The number of nitrogens with two attached hydrogens (primary N) is 2. The molecular formula is C40H48Cl2N2O2. The van der Waals surface area contributed by atoms with Gasteiger partial charge in [0.2, 0.25) is 0 Å². The van der Waals surface area contributed by atoms with Gasteiger partial charge >= 0.3 is 0 Å². The highest BCUT2D eigenvalue weighted by molar-refractivity contribution is 5.37. The van der Waals surface area contributed by atoms with E-state index in [1.54, 1.807) is 0 Å². The molecule has 4 aromatic carbocycles. The third-order valence-corrected chi connectivity index (χ3v) is 10.3. The highest BCUT2D eigenvalue weighted by Crippen LogP contribution is 2.35. The molecule has 46 heavy (non-hydrogen) atoms. The Morgan fingerprint density at radius 3 is 1.24 bits per heavy atom. The van der Waals surface area contributed by atoms with Gasteiger partial charge in [-0.05, 0) is 47.9 Å². The molecule has 0 unspecified atom stereocenters. The Hall–Kier alpha value is -2.70. The molecule has 4 N–H and O–H groups in total. The summed E-state index contributed by atoms with van der Waals surface area (Å²) in [5.74, 6) is 0. The summed E-state index contributed by atoms with van der Waals surface area (Å²) in [5.41, 5.74) is 8.08. The Kier molecular flexibility index (Phi) is 12.7. The minimum atomic E-state index is 0. The van der Waals surface area contributed by atoms with E-state index in [1.165, 1.54) is 84.7 Å². The van der Waals surface area contributed by atoms with E-state index in [4.69, 9.17) is 9.47 Å². The average molecular weight is 660 g/mol. The highest BCUT2D eigenvalue weighted by atomic mass is 35.5. The van der Waals surface area contributed by atoms with E-state index in [0.29, 0.717) is 24.3 Å². The Balaban J connectivity index is 0.000000174. The summed E-state index contributed by atoms with van der Waals surface area (Å²) < 4.78 is 13.4. The lowest BCUT2D eigenvalue weighted by Gasteiger charge is -2.36. The van der Waals surface area contributed by atoms with Gasteiger partial charge in [-0.1, -0.05) is 122 Å². The first-order chi connectivity index (χ1) is 21.8. The molecule has 0 aromatic heterocycles. The van der Waals surface area contributed by atoms with Crippen LogP contribution in [0, 0.1) is 0 Å². The normalized spacial score (nSPS) is 26.9. The largest absolute Gasteiger partial charge is 1.00 e. The summed E-state index contributed by atoms with van der Waals surface area (Å²) in [5, 5.41) is 5.01. The fourth-order valence-corrected chi connectivity index (χ4v) is 7.90. The topological polar surface area (TPSA) is 51.7 Å². The van der Waals surface area contributed by atoms with Gasteiger partial charge in [-0.3, -0.25) is 0 Å². The first-order valence-electron chi connectivity index (χ1n) is 17.1. The predicted octanol–water partition coefficient (Wildman–Crippen LogP) is 0.370. The van der Waals surface area contributed by atoms with Crippen molar-refractivity contribution in [1.82, 2.24) is 0 Å². The SMILES string of the molecule is [Cl-].[Cl-].c1ccc([C@@H]2O[C@@H]3CCCC[C@@H]3[NH2+]Cc3ccccc32)cc1.c1ccc([C@H]2O[C@H]3CCCC[C@H]3[NH2+]Cc3ccccc32)cc1. The highest BCUT2D eigenvalue weighted by Gasteiger charge is 2.36. The zero-order valence-corrected chi connectivity index (χ0v) is 28.2. The van der Waals surface area contributed by atoms with Crippen molar-refractivity contribution in [2.75, 3.05) is 0 Å². The van der Waals surface area contributed by atoms with Crippen LogP contribution in [-0.2, 0) is 22.6 Å². The van der Waals surface area contributed by atoms with Crippen LogP contribution < -0.4 is 35.4 Å². The van der Waals surface area contributed by atoms with Crippen LogP contribution in [0.5, 0.6) is 0 Å². The Labute approximate surface area is 287 Å². The number of rotatable bonds is 2. The van der Waals surface area contributed by atoms with Gasteiger partial charge in [0.25, 0.3) is 0 Å². The lowest BCUT2D eigenvalue weighted by molar-refractivity contribution is -0.715. The van der Waals surface area contributed by atoms with Crippen molar-refractivity contribution in [2.24, 2.45) is 0 Å². The lowest BCUT2D eigenvalue weighted by Crippen LogP contribution is -3.00. The number of halogens is 2. The minimum absolute atomic E-state index is 0. The molecule has 2 heterocycles. The summed E-state index contributed by atoms with van der Waals surface area (Å²) >= 11 is 0. The van der Waals surface area contributed by atoms with E-state index in [2.05, 4.69) is 120 Å². The van der Waals surface area contributed by atoms with Gasteiger partial charge in [0.15, 0.2) is 0 Å². The minimum Gasteiger partial charge on any atom is -1.00 e. The molecular weight excluding hydrogens is 611 g/mol. The maximum atomic E-state index is 6.68. The second-order valence-electron chi connectivity index (χ2n) is 13.1. The van der Waals surface area contributed by atoms with Crippen molar-refractivity contribution in [3.05, 3.63) is 143 Å². The van der Waals surface area contributed by atoms with Crippen molar-refractivity contribution in [3.8, 4) is 0 Å². The molecule has 4 nitrogen and oxygen atoms in total. The molecule has 2 saturated carbocycles. The van der Waals surface area contributed by atoms with Crippen molar-refractivity contribution >= 4 is 0 Å². The van der Waals surface area contributed by atoms with Crippen molar-refractivity contribution < 1.29 is 44.9 Å². The van der Waals surface area contributed by atoms with Crippen LogP contribution in [0.4, 0.5) is 0 Å². The fourth-order valence-electron chi connectivity index (χ4n) is 7.90. The van der Waals surface area contributed by atoms with Gasteiger partial charge in [-0.25, -0.2) is 0 Å². The quantitative estimate of drug-likeness (QED) is 0.327. The molecule has 2 aliphatic heterocycles. The second kappa shape index (κ2) is 16.9. The summed E-state index contributed by atoms with van der Waals surface area (Å²) in [6.45, 7) is 2.15. The number of ether oxygens (including phenoxy) is 2. The molecule has 0 bridgehead atoms. The smallest absolute Gasteiger partial charge is 0.113 e. The third kappa shape index (κ3) is 8.05. The third-order valence-electron chi connectivity index (χ3n) is 10.3. The maximum Gasteiger partial charge on any atom is 0.113 e. The van der Waals surface area contributed by atoms with E-state index in [-0.39, 0.29) is 37.0 Å². The van der Waals surface area contributed by atoms with Crippen molar-refractivity contribution in [1.29, 1.82) is 0 Å². The van der Waals surface area contributed by atoms with Gasteiger partial charge in [0.05, 0.1) is 0 Å². The average Bonchev–Trinajstić information content (AvgIpc) is 3.08. The summed E-state index contributed by atoms with van der Waals surface area (Å²) in [6.07, 6.45) is 11.2. The molecule has 0 saturated heterocycles.